The predicted octanol–water partition coefficient (Wildman–Crippen LogP) is 1.97. The van der Waals surface area contributed by atoms with Crippen molar-refractivity contribution in [3.05, 3.63) is 11.9 Å². The van der Waals surface area contributed by atoms with Crippen LogP contribution in [-0.2, 0) is 6.42 Å². The van der Waals surface area contributed by atoms with Crippen molar-refractivity contribution < 1.29 is 5.11 Å². The summed E-state index contributed by atoms with van der Waals surface area (Å²) in [6, 6.07) is 0. The first-order valence-electron chi connectivity index (χ1n) is 6.29. The number of aliphatic hydroxyl groups is 1. The molecule has 18 heavy (non-hydrogen) atoms. The van der Waals surface area contributed by atoms with Crippen molar-refractivity contribution in [1.82, 2.24) is 9.97 Å². The Morgan fingerprint density at radius 2 is 1.89 bits per heavy atom. The molecular weight excluding hydrogens is 228 g/mol. The molecule has 0 atom stereocenters. The lowest BCUT2D eigenvalue weighted by Crippen LogP contribution is -2.51. The van der Waals surface area contributed by atoms with Crippen LogP contribution in [0.4, 0.5) is 11.6 Å². The molecule has 0 unspecified atom stereocenters. The molecule has 0 aliphatic carbocycles. The van der Waals surface area contributed by atoms with Crippen LogP contribution in [0.3, 0.4) is 0 Å². The van der Waals surface area contributed by atoms with Crippen LogP contribution in [0, 0.1) is 0 Å². The molecule has 4 N–H and O–H groups in total. The Bertz CT molecular complexity index is 410. The van der Waals surface area contributed by atoms with Crippen LogP contribution in [0.1, 0.15) is 46.6 Å². The van der Waals surface area contributed by atoms with Crippen LogP contribution in [-0.4, -0.2) is 26.2 Å². The number of nitrogen functional groups attached to an aromatic ring is 1. The summed E-state index contributed by atoms with van der Waals surface area (Å²) in [6.07, 6.45) is 3.23. The van der Waals surface area contributed by atoms with E-state index in [9.17, 15) is 5.11 Å². The zero-order chi connectivity index (χ0) is 14.0. The predicted molar refractivity (Wildman–Crippen MR) is 74.4 cm³/mol. The van der Waals surface area contributed by atoms with Gasteiger partial charge in [0.05, 0.1) is 11.1 Å². The Kier molecular flexibility index (Phi) is 4.16. The molecule has 1 rings (SSSR count). The van der Waals surface area contributed by atoms with E-state index < -0.39 is 11.1 Å². The number of hydrogen-bond acceptors (Lipinski definition) is 5. The van der Waals surface area contributed by atoms with E-state index in [1.54, 1.807) is 13.8 Å². The van der Waals surface area contributed by atoms with E-state index in [1.807, 2.05) is 13.8 Å². The Morgan fingerprint density at radius 1 is 1.28 bits per heavy atom. The van der Waals surface area contributed by atoms with Crippen LogP contribution in [0.5, 0.6) is 0 Å². The van der Waals surface area contributed by atoms with Gasteiger partial charge in [0.15, 0.2) is 0 Å². The Balaban J connectivity index is 3.08. The fraction of sp³-hybridized carbons (Fsp3) is 0.692. The number of anilines is 2. The van der Waals surface area contributed by atoms with E-state index in [4.69, 9.17) is 5.73 Å². The zero-order valence-electron chi connectivity index (χ0n) is 11.9. The maximum Gasteiger partial charge on any atom is 0.135 e. The molecule has 0 aliphatic heterocycles. The van der Waals surface area contributed by atoms with Gasteiger partial charge in [-0.15, -0.1) is 0 Å². The maximum absolute atomic E-state index is 10.2. The minimum absolute atomic E-state index is 0.501. The van der Waals surface area contributed by atoms with Crippen molar-refractivity contribution in [1.29, 1.82) is 0 Å². The van der Waals surface area contributed by atoms with E-state index in [-0.39, 0.29) is 0 Å². The summed E-state index contributed by atoms with van der Waals surface area (Å²) in [5.41, 5.74) is 5.40. The Morgan fingerprint density at radius 3 is 2.39 bits per heavy atom. The molecule has 5 heteroatoms. The smallest absolute Gasteiger partial charge is 0.135 e. The highest BCUT2D eigenvalue weighted by Gasteiger charge is 2.35. The van der Waals surface area contributed by atoms with Crippen LogP contribution in [0.15, 0.2) is 6.33 Å². The number of rotatable bonds is 5. The van der Waals surface area contributed by atoms with Crippen molar-refractivity contribution in [2.75, 3.05) is 11.1 Å². The summed E-state index contributed by atoms with van der Waals surface area (Å²) in [5, 5.41) is 13.4. The first-order valence-corrected chi connectivity index (χ1v) is 6.29. The molecule has 0 spiro atoms. The molecule has 0 fully saturated rings. The van der Waals surface area contributed by atoms with Crippen molar-refractivity contribution in [3.8, 4) is 0 Å². The zero-order valence-corrected chi connectivity index (χ0v) is 11.9. The third kappa shape index (κ3) is 3.10. The van der Waals surface area contributed by atoms with E-state index in [0.29, 0.717) is 11.6 Å². The molecular formula is C13H24N4O. The minimum atomic E-state index is -0.879. The summed E-state index contributed by atoms with van der Waals surface area (Å²) in [5.74, 6) is 1.21. The number of nitrogens with two attached hydrogens (primary N) is 1. The van der Waals surface area contributed by atoms with Crippen LogP contribution >= 0.6 is 0 Å². The Hall–Kier alpha value is -1.36. The first kappa shape index (κ1) is 14.7. The molecule has 5 nitrogen and oxygen atoms in total. The number of nitrogens with zero attached hydrogens (tertiary/aromatic N) is 2. The van der Waals surface area contributed by atoms with Gasteiger partial charge in [0, 0.05) is 5.56 Å². The fourth-order valence-electron chi connectivity index (χ4n) is 1.48. The lowest BCUT2D eigenvalue weighted by molar-refractivity contribution is 0.0238. The topological polar surface area (TPSA) is 84.1 Å². The summed E-state index contributed by atoms with van der Waals surface area (Å²) < 4.78 is 0. The molecule has 1 heterocycles. The highest BCUT2D eigenvalue weighted by atomic mass is 16.3. The maximum atomic E-state index is 10.2. The van der Waals surface area contributed by atoms with Crippen LogP contribution < -0.4 is 11.1 Å². The molecule has 0 saturated heterocycles. The van der Waals surface area contributed by atoms with Gasteiger partial charge in [0.25, 0.3) is 0 Å². The fourth-order valence-corrected chi connectivity index (χ4v) is 1.48. The van der Waals surface area contributed by atoms with Crippen molar-refractivity contribution in [2.24, 2.45) is 0 Å². The SMILES string of the molecule is CCCc1c(N)ncnc1NC(C)(C)C(C)(C)O. The molecule has 0 radical (unpaired) electrons. The van der Waals surface area contributed by atoms with Crippen LogP contribution in [0.2, 0.25) is 0 Å². The van der Waals surface area contributed by atoms with Gasteiger partial charge in [-0.25, -0.2) is 9.97 Å². The second kappa shape index (κ2) is 5.10. The first-order chi connectivity index (χ1) is 8.19. The minimum Gasteiger partial charge on any atom is -0.388 e. The second-order valence-corrected chi connectivity index (χ2v) is 5.65. The van der Waals surface area contributed by atoms with Gasteiger partial charge >= 0.3 is 0 Å². The molecule has 0 aliphatic rings. The van der Waals surface area contributed by atoms with Gasteiger partial charge in [-0.05, 0) is 34.1 Å². The molecule has 0 amide bonds. The van der Waals surface area contributed by atoms with Crippen molar-refractivity contribution in [3.63, 3.8) is 0 Å². The molecule has 0 bridgehead atoms. The average molecular weight is 252 g/mol. The third-order valence-corrected chi connectivity index (χ3v) is 3.44. The average Bonchev–Trinajstić information content (AvgIpc) is 2.21. The van der Waals surface area contributed by atoms with Crippen LogP contribution in [0.25, 0.3) is 0 Å². The Labute approximate surface area is 109 Å². The van der Waals surface area contributed by atoms with Gasteiger partial charge in [0.2, 0.25) is 0 Å². The van der Waals surface area contributed by atoms with E-state index in [1.165, 1.54) is 6.33 Å². The van der Waals surface area contributed by atoms with Crippen molar-refractivity contribution in [2.45, 2.75) is 58.6 Å². The lowest BCUT2D eigenvalue weighted by atomic mass is 9.86. The molecule has 102 valence electrons. The number of nitrogens with one attached hydrogen (secondary N) is 1. The normalized spacial score (nSPS) is 12.6. The van der Waals surface area contributed by atoms with Crippen molar-refractivity contribution >= 4 is 11.6 Å². The summed E-state index contributed by atoms with van der Waals surface area (Å²) in [7, 11) is 0. The standard InChI is InChI=1S/C13H24N4O/c1-6-7-9-10(14)15-8-16-11(9)17-12(2,3)13(4,5)18/h8,18H,6-7H2,1-5H3,(H3,14,15,16,17). The van der Waals surface area contributed by atoms with E-state index in [0.717, 1.165) is 18.4 Å². The van der Waals surface area contributed by atoms with Gasteiger partial charge in [-0.3, -0.25) is 0 Å². The van der Waals surface area contributed by atoms with Gasteiger partial charge in [-0.2, -0.15) is 0 Å². The van der Waals surface area contributed by atoms with E-state index >= 15 is 0 Å². The highest BCUT2D eigenvalue weighted by Crippen LogP contribution is 2.28. The molecule has 1 aromatic heterocycles. The summed E-state index contributed by atoms with van der Waals surface area (Å²) >= 11 is 0. The molecule has 0 aromatic carbocycles. The quantitative estimate of drug-likeness (QED) is 0.746. The molecule has 1 aromatic rings. The highest BCUT2D eigenvalue weighted by molar-refractivity contribution is 5.56. The number of hydrogen-bond donors (Lipinski definition) is 3. The second-order valence-electron chi connectivity index (χ2n) is 5.65. The summed E-state index contributed by atoms with van der Waals surface area (Å²) in [6.45, 7) is 9.48. The van der Waals surface area contributed by atoms with Gasteiger partial charge in [0.1, 0.15) is 18.0 Å². The largest absolute Gasteiger partial charge is 0.388 e. The summed E-state index contributed by atoms with van der Waals surface area (Å²) in [4.78, 5) is 8.26. The third-order valence-electron chi connectivity index (χ3n) is 3.44. The van der Waals surface area contributed by atoms with Gasteiger partial charge < -0.3 is 16.2 Å². The monoisotopic (exact) mass is 252 g/mol. The lowest BCUT2D eigenvalue weighted by Gasteiger charge is -2.38. The van der Waals surface area contributed by atoms with E-state index in [2.05, 4.69) is 22.2 Å². The molecule has 0 saturated carbocycles. The number of aromatic nitrogens is 2. The van der Waals surface area contributed by atoms with Gasteiger partial charge in [-0.1, -0.05) is 13.3 Å².